The van der Waals surface area contributed by atoms with Gasteiger partial charge in [0.05, 0.1) is 0 Å². The number of nitrogens with one attached hydrogen (secondary N) is 1. The number of halogens is 1. The van der Waals surface area contributed by atoms with E-state index < -0.39 is 0 Å². The summed E-state index contributed by atoms with van der Waals surface area (Å²) in [5, 5.41) is 17.2. The first kappa shape index (κ1) is 30.7. The van der Waals surface area contributed by atoms with Crippen LogP contribution in [-0.4, -0.2) is 55.7 Å². The Labute approximate surface area is 253 Å². The topological polar surface area (TPSA) is 100 Å². The zero-order chi connectivity index (χ0) is 30.2. The zero-order valence-corrected chi connectivity index (χ0v) is 25.1. The molecule has 5 rings (SSSR count). The molecule has 1 saturated carbocycles. The lowest BCUT2D eigenvalue weighted by atomic mass is 9.63. The molecule has 2 atom stereocenters. The molecule has 0 spiro atoms. The molecule has 0 bridgehead atoms. The van der Waals surface area contributed by atoms with E-state index in [1.54, 1.807) is 36.9 Å². The third-order valence-electron chi connectivity index (χ3n) is 9.63. The maximum Gasteiger partial charge on any atom is 0.226 e. The van der Waals surface area contributed by atoms with Crippen molar-refractivity contribution >= 4 is 11.8 Å². The first-order valence-electron chi connectivity index (χ1n) is 15.7. The van der Waals surface area contributed by atoms with Crippen molar-refractivity contribution in [3.05, 3.63) is 78.1 Å². The van der Waals surface area contributed by atoms with Gasteiger partial charge in [-0.25, -0.2) is 9.37 Å². The second-order valence-corrected chi connectivity index (χ2v) is 12.6. The molecule has 2 heterocycles. The molecule has 9 heteroatoms. The number of carbonyl (C=O) groups excluding carboxylic acids is 2. The van der Waals surface area contributed by atoms with Crippen LogP contribution in [0.3, 0.4) is 0 Å². The van der Waals surface area contributed by atoms with E-state index >= 15 is 0 Å². The number of rotatable bonds is 11. The predicted molar refractivity (Wildman–Crippen MR) is 162 cm³/mol. The number of carbonyl (C=O) groups is 2. The molecule has 230 valence electrons. The molecule has 1 aliphatic carbocycles. The van der Waals surface area contributed by atoms with Gasteiger partial charge in [0.1, 0.15) is 24.2 Å². The van der Waals surface area contributed by atoms with E-state index in [4.69, 9.17) is 0 Å². The van der Waals surface area contributed by atoms with Gasteiger partial charge in [-0.05, 0) is 91.7 Å². The lowest BCUT2D eigenvalue weighted by molar-refractivity contribution is -0.140. The fraction of sp³-hybridized carbons (Fsp3) is 0.529. The third-order valence-corrected chi connectivity index (χ3v) is 9.63. The molecule has 8 nitrogen and oxygen atoms in total. The van der Waals surface area contributed by atoms with E-state index in [2.05, 4.69) is 15.4 Å². The van der Waals surface area contributed by atoms with Crippen LogP contribution in [0.4, 0.5) is 4.39 Å². The molecule has 2 aliphatic rings. The molecule has 1 saturated heterocycles. The second-order valence-electron chi connectivity index (χ2n) is 12.6. The molecule has 1 aliphatic heterocycles. The maximum atomic E-state index is 14.3. The molecule has 2 amide bonds. The molecule has 0 radical (unpaired) electrons. The Morgan fingerprint density at radius 1 is 1.00 bits per heavy atom. The number of hydrogen-bond acceptors (Lipinski definition) is 5. The number of hydrogen-bond donors (Lipinski definition) is 2. The quantitative estimate of drug-likeness (QED) is 0.316. The van der Waals surface area contributed by atoms with E-state index in [-0.39, 0.29) is 40.8 Å². The lowest BCUT2D eigenvalue weighted by Crippen LogP contribution is -2.50. The maximum absolute atomic E-state index is 14.3. The molecule has 3 aromatic rings. The van der Waals surface area contributed by atoms with Gasteiger partial charge in [-0.2, -0.15) is 5.10 Å². The highest BCUT2D eigenvalue weighted by atomic mass is 19.1. The Morgan fingerprint density at radius 2 is 1.65 bits per heavy atom. The molecular weight excluding hydrogens is 545 g/mol. The van der Waals surface area contributed by atoms with Gasteiger partial charge in [0.25, 0.3) is 0 Å². The number of aromatic nitrogens is 3. The summed E-state index contributed by atoms with van der Waals surface area (Å²) in [5.74, 6) is 0.0486. The normalized spacial score (nSPS) is 18.6. The summed E-state index contributed by atoms with van der Waals surface area (Å²) in [6, 6.07) is 13.0. The van der Waals surface area contributed by atoms with Gasteiger partial charge < -0.3 is 15.3 Å². The van der Waals surface area contributed by atoms with Gasteiger partial charge >= 0.3 is 0 Å². The van der Waals surface area contributed by atoms with Gasteiger partial charge in [-0.3, -0.25) is 14.3 Å². The van der Waals surface area contributed by atoms with Crippen molar-refractivity contribution in [1.29, 1.82) is 0 Å². The smallest absolute Gasteiger partial charge is 0.226 e. The zero-order valence-electron chi connectivity index (χ0n) is 25.1. The lowest BCUT2D eigenvalue weighted by Gasteiger charge is -2.48. The molecule has 43 heavy (non-hydrogen) atoms. The van der Waals surface area contributed by atoms with Crippen molar-refractivity contribution in [3.63, 3.8) is 0 Å². The highest BCUT2D eigenvalue weighted by Gasteiger charge is 2.43. The van der Waals surface area contributed by atoms with E-state index in [0.29, 0.717) is 38.3 Å². The average Bonchev–Trinajstić information content (AvgIpc) is 3.52. The number of aromatic hydroxyl groups is 1. The highest BCUT2D eigenvalue weighted by Crippen LogP contribution is 2.47. The Hall–Kier alpha value is -3.75. The van der Waals surface area contributed by atoms with E-state index in [9.17, 15) is 19.1 Å². The summed E-state index contributed by atoms with van der Waals surface area (Å²) < 4.78 is 15.7. The molecule has 2 N–H and O–H groups in total. The molecule has 1 aromatic heterocycles. The Kier molecular flexibility index (Phi) is 10.1. The van der Waals surface area contributed by atoms with Crippen molar-refractivity contribution in [2.75, 3.05) is 13.1 Å². The van der Waals surface area contributed by atoms with Crippen molar-refractivity contribution in [2.24, 2.45) is 17.3 Å². The summed E-state index contributed by atoms with van der Waals surface area (Å²) in [4.78, 5) is 32.7. The summed E-state index contributed by atoms with van der Waals surface area (Å²) in [7, 11) is 0. The number of likely N-dealkylation sites (tertiary alicyclic amines) is 1. The molecule has 0 unspecified atom stereocenters. The first-order valence-corrected chi connectivity index (χ1v) is 15.7. The van der Waals surface area contributed by atoms with E-state index in [1.165, 1.54) is 51.2 Å². The van der Waals surface area contributed by atoms with Gasteiger partial charge in [0.15, 0.2) is 0 Å². The fourth-order valence-corrected chi connectivity index (χ4v) is 7.40. The number of benzene rings is 2. The van der Waals surface area contributed by atoms with Gasteiger partial charge in [0.2, 0.25) is 11.8 Å². The summed E-state index contributed by atoms with van der Waals surface area (Å²) in [6.45, 7) is 3.70. The van der Waals surface area contributed by atoms with Crippen LogP contribution in [0.15, 0.2) is 61.2 Å². The van der Waals surface area contributed by atoms with Crippen LogP contribution in [0.1, 0.15) is 69.4 Å². The van der Waals surface area contributed by atoms with Crippen LogP contribution >= 0.6 is 0 Å². The first-order chi connectivity index (χ1) is 20.8. The van der Waals surface area contributed by atoms with Crippen LogP contribution in [0.5, 0.6) is 5.75 Å². The fourth-order valence-electron chi connectivity index (χ4n) is 7.40. The Balaban J connectivity index is 1.34. The minimum Gasteiger partial charge on any atom is -0.508 e. The van der Waals surface area contributed by atoms with Crippen LogP contribution < -0.4 is 5.32 Å². The minimum absolute atomic E-state index is 0.0865. The summed E-state index contributed by atoms with van der Waals surface area (Å²) >= 11 is 0. The van der Waals surface area contributed by atoms with Crippen molar-refractivity contribution in [2.45, 2.75) is 83.7 Å². The number of phenolic OH excluding ortho intramolecular Hbond substituents is 1. The van der Waals surface area contributed by atoms with Crippen LogP contribution in [-0.2, 0) is 29.0 Å². The SMILES string of the molecule is CC(=O)N[C@H](Cc1ccc(O)cc1)C[C@H](Cc1ccc(F)cc1)C(=O)N1CCC(Cn2cncn2)(C2CCCCC2)CC1. The predicted octanol–water partition coefficient (Wildman–Crippen LogP) is 5.31. The largest absolute Gasteiger partial charge is 0.508 e. The van der Waals surface area contributed by atoms with Gasteiger partial charge in [0, 0.05) is 38.5 Å². The highest BCUT2D eigenvalue weighted by molar-refractivity contribution is 5.79. The summed E-state index contributed by atoms with van der Waals surface area (Å²) in [6.07, 6.45) is 13.0. The molecular formula is C34H44FN5O3. The number of amides is 2. The number of phenols is 1. The molecule has 2 aromatic carbocycles. The van der Waals surface area contributed by atoms with Gasteiger partial charge in [-0.1, -0.05) is 43.5 Å². The average molecular weight is 590 g/mol. The van der Waals surface area contributed by atoms with Crippen molar-refractivity contribution in [3.8, 4) is 5.75 Å². The van der Waals surface area contributed by atoms with Crippen molar-refractivity contribution in [1.82, 2.24) is 25.0 Å². The molecule has 2 fully saturated rings. The summed E-state index contributed by atoms with van der Waals surface area (Å²) in [5.41, 5.74) is 1.95. The monoisotopic (exact) mass is 589 g/mol. The third kappa shape index (κ3) is 8.21. The minimum atomic E-state index is -0.378. The van der Waals surface area contributed by atoms with E-state index in [0.717, 1.165) is 30.5 Å². The Morgan fingerprint density at radius 3 is 2.28 bits per heavy atom. The van der Waals surface area contributed by atoms with Crippen LogP contribution in [0.25, 0.3) is 0 Å². The van der Waals surface area contributed by atoms with Gasteiger partial charge in [-0.15, -0.1) is 0 Å². The van der Waals surface area contributed by atoms with Crippen molar-refractivity contribution < 1.29 is 19.1 Å². The Bertz CT molecular complexity index is 1320. The number of piperidine rings is 1. The van der Waals surface area contributed by atoms with Crippen LogP contribution in [0, 0.1) is 23.1 Å². The van der Waals surface area contributed by atoms with Crippen LogP contribution in [0.2, 0.25) is 0 Å². The second kappa shape index (κ2) is 14.1. The number of nitrogens with zero attached hydrogens (tertiary/aromatic N) is 4. The van der Waals surface area contributed by atoms with E-state index in [1.807, 2.05) is 21.7 Å². The standard InChI is InChI=1S/C34H44FN5O3/c1-25(41)38-31(20-27-9-13-32(42)14-10-27)21-28(19-26-7-11-30(35)12-8-26)33(43)39-17-15-34(16-18-39,22-40-24-36-23-37-40)29-5-3-2-4-6-29/h7-14,23-24,28-29,31,42H,2-6,15-22H2,1H3,(H,38,41)/t28-,31+/m0/s1.